The van der Waals surface area contributed by atoms with Gasteiger partial charge < -0.3 is 41.8 Å². The van der Waals surface area contributed by atoms with Crippen LogP contribution in [0.3, 0.4) is 0 Å². The standard InChI is InChI=1S/C33H49N7O11P2/c1-10-24-25(15-28(48-24)38-17-22(6)30(41)36-32(38)43)51-53(46-14-12-35-9)47-19-27-26(16-29(49-27)39-18-23(7)31(42)37-33(39)44)50-52(45-13-11-34-8)40(20(2)3)21(4)5/h17-18,20-21,24-29H,10-16,19H2,1-7H3,(H,36,41,43)(H,37,42,44). The largest absolute Gasteiger partial charge is 0.352 e. The average Bonchev–Trinajstić information content (AvgIpc) is 3.69. The van der Waals surface area contributed by atoms with Gasteiger partial charge in [0.05, 0.1) is 24.9 Å². The molecule has 20 heteroatoms. The third kappa shape index (κ3) is 11.2. The number of H-pyrrole nitrogens is 2. The minimum Gasteiger partial charge on any atom is -0.352 e. The molecule has 8 unspecified atom stereocenters. The highest BCUT2D eigenvalue weighted by atomic mass is 31.2. The summed E-state index contributed by atoms with van der Waals surface area (Å²) < 4.78 is 48.7. The van der Waals surface area contributed by atoms with Crippen molar-refractivity contribution >= 4 is 17.1 Å². The first-order valence-electron chi connectivity index (χ1n) is 17.5. The van der Waals surface area contributed by atoms with Crippen molar-refractivity contribution in [2.75, 3.05) is 32.9 Å². The van der Waals surface area contributed by atoms with Crippen molar-refractivity contribution < 1.29 is 32.1 Å². The predicted molar refractivity (Wildman–Crippen MR) is 196 cm³/mol. The zero-order chi connectivity index (χ0) is 38.8. The molecule has 0 aromatic carbocycles. The van der Waals surface area contributed by atoms with Gasteiger partial charge in [-0.05, 0) is 48.0 Å². The van der Waals surface area contributed by atoms with E-state index in [4.69, 9.17) is 45.2 Å². The van der Waals surface area contributed by atoms with Gasteiger partial charge in [0.2, 0.25) is 13.1 Å². The third-order valence-electron chi connectivity index (χ3n) is 8.52. The Bertz CT molecular complexity index is 1830. The Labute approximate surface area is 310 Å². The minimum atomic E-state index is -2.10. The molecule has 2 N–H and O–H groups in total. The molecular weight excluding hydrogens is 732 g/mol. The lowest BCUT2D eigenvalue weighted by atomic mass is 10.1. The molecule has 0 spiro atoms. The Morgan fingerprint density at radius 1 is 0.811 bits per heavy atom. The van der Waals surface area contributed by atoms with Crippen molar-refractivity contribution in [2.24, 2.45) is 0 Å². The molecule has 4 heterocycles. The van der Waals surface area contributed by atoms with Crippen LogP contribution in [0.25, 0.3) is 9.69 Å². The van der Waals surface area contributed by atoms with E-state index >= 15 is 0 Å². The van der Waals surface area contributed by atoms with E-state index in [1.807, 2.05) is 34.6 Å². The van der Waals surface area contributed by atoms with E-state index in [1.165, 1.54) is 21.5 Å². The molecule has 2 aromatic heterocycles. The summed E-state index contributed by atoms with van der Waals surface area (Å²) in [5.74, 6) is 0. The van der Waals surface area contributed by atoms with Crippen molar-refractivity contribution in [1.29, 1.82) is 0 Å². The summed E-state index contributed by atoms with van der Waals surface area (Å²) in [6, 6.07) is 0.0617. The van der Waals surface area contributed by atoms with Crippen LogP contribution in [-0.2, 0) is 32.1 Å². The highest BCUT2D eigenvalue weighted by Crippen LogP contribution is 2.51. The molecule has 53 heavy (non-hydrogen) atoms. The predicted octanol–water partition coefficient (Wildman–Crippen LogP) is 3.92. The van der Waals surface area contributed by atoms with Crippen molar-refractivity contribution in [2.45, 2.75) is 117 Å². The monoisotopic (exact) mass is 781 g/mol. The normalized spacial score (nSPS) is 24.2. The lowest BCUT2D eigenvalue weighted by molar-refractivity contribution is -0.0466. The Kier molecular flexibility index (Phi) is 16.1. The molecule has 4 rings (SSSR count). The lowest BCUT2D eigenvalue weighted by Crippen LogP contribution is -2.36. The fraction of sp³-hybridized carbons (Fsp3) is 0.697. The van der Waals surface area contributed by atoms with Crippen LogP contribution in [-0.4, -0.2) is 93.2 Å². The van der Waals surface area contributed by atoms with E-state index in [-0.39, 0.29) is 57.8 Å². The number of rotatable bonds is 19. The molecule has 2 aliphatic heterocycles. The molecule has 0 bridgehead atoms. The number of nitrogens with one attached hydrogen (secondary N) is 2. The van der Waals surface area contributed by atoms with Crippen molar-refractivity contribution in [3.63, 3.8) is 0 Å². The number of aromatic nitrogens is 4. The van der Waals surface area contributed by atoms with Crippen LogP contribution in [0.4, 0.5) is 0 Å². The van der Waals surface area contributed by atoms with Crippen LogP contribution in [0, 0.1) is 27.0 Å². The second-order valence-corrected chi connectivity index (χ2v) is 15.7. The summed E-state index contributed by atoms with van der Waals surface area (Å²) >= 11 is 0. The maximum atomic E-state index is 12.9. The number of hydrogen-bond donors (Lipinski definition) is 2. The SMILES string of the molecule is [C-]#[N+]CCOP(OCC1OC(n2cc(C)c(=O)[nH]c2=O)CC1OP(OCC[N+]#[C-])N(C(C)C)C(C)C)OC1CC(n2cc(C)c(=O)[nH]c2=O)OC1CC. The minimum absolute atomic E-state index is 0.0274. The molecule has 0 radical (unpaired) electrons. The van der Waals surface area contributed by atoms with Crippen LogP contribution in [0.1, 0.15) is 77.5 Å². The molecule has 0 saturated carbocycles. The molecule has 2 aromatic rings. The number of nitrogens with zero attached hydrogens (tertiary/aromatic N) is 5. The van der Waals surface area contributed by atoms with E-state index in [0.29, 0.717) is 17.5 Å². The first kappa shape index (κ1) is 42.6. The van der Waals surface area contributed by atoms with Gasteiger partial charge in [-0.3, -0.25) is 28.7 Å². The third-order valence-corrected chi connectivity index (χ3v) is 11.9. The molecule has 2 saturated heterocycles. The molecule has 18 nitrogen and oxygen atoms in total. The summed E-state index contributed by atoms with van der Waals surface area (Å²) in [4.78, 5) is 61.1. The van der Waals surface area contributed by atoms with E-state index in [0.717, 1.165) is 0 Å². The van der Waals surface area contributed by atoms with E-state index < -0.39 is 76.5 Å². The number of hydrogen-bond acceptors (Lipinski definition) is 12. The highest BCUT2D eigenvalue weighted by Gasteiger charge is 2.44. The average molecular weight is 782 g/mol. The van der Waals surface area contributed by atoms with Gasteiger partial charge in [-0.2, -0.15) is 0 Å². The second-order valence-electron chi connectivity index (χ2n) is 13.1. The van der Waals surface area contributed by atoms with Crippen LogP contribution >= 0.6 is 17.1 Å². The van der Waals surface area contributed by atoms with Gasteiger partial charge in [-0.15, -0.1) is 0 Å². The number of aryl methyl sites for hydroxylation is 2. The summed E-state index contributed by atoms with van der Waals surface area (Å²) in [7, 11) is -3.80. The maximum absolute atomic E-state index is 12.9. The summed E-state index contributed by atoms with van der Waals surface area (Å²) in [5.41, 5.74) is -1.53. The molecule has 2 aliphatic rings. The van der Waals surface area contributed by atoms with Crippen LogP contribution in [0.15, 0.2) is 31.6 Å². The van der Waals surface area contributed by atoms with E-state index in [1.54, 1.807) is 13.8 Å². The van der Waals surface area contributed by atoms with Crippen LogP contribution < -0.4 is 22.5 Å². The van der Waals surface area contributed by atoms with Crippen molar-refractivity contribution in [3.05, 3.63) is 88.0 Å². The maximum Gasteiger partial charge on any atom is 0.333 e. The van der Waals surface area contributed by atoms with Gasteiger partial charge in [0.1, 0.15) is 31.8 Å². The summed E-state index contributed by atoms with van der Waals surface area (Å²) in [6.45, 7) is 27.9. The Morgan fingerprint density at radius 2 is 1.30 bits per heavy atom. The number of aromatic amines is 2. The first-order chi connectivity index (χ1) is 25.3. The molecule has 0 aliphatic carbocycles. The van der Waals surface area contributed by atoms with Crippen LogP contribution in [0.2, 0.25) is 0 Å². The smallest absolute Gasteiger partial charge is 0.333 e. The first-order valence-corrected chi connectivity index (χ1v) is 19.7. The van der Waals surface area contributed by atoms with Gasteiger partial charge in [0, 0.05) is 48.4 Å². The van der Waals surface area contributed by atoms with Gasteiger partial charge in [-0.1, -0.05) is 6.92 Å². The van der Waals surface area contributed by atoms with Crippen molar-refractivity contribution in [3.8, 4) is 0 Å². The Hall–Kier alpha value is -3.12. The fourth-order valence-corrected chi connectivity index (χ4v) is 8.87. The zero-order valence-electron chi connectivity index (χ0n) is 31.1. The second kappa shape index (κ2) is 20.0. The van der Waals surface area contributed by atoms with E-state index in [9.17, 15) is 19.2 Å². The fourth-order valence-electron chi connectivity index (χ4n) is 5.99. The van der Waals surface area contributed by atoms with Gasteiger partial charge in [0.15, 0.2) is 0 Å². The highest BCUT2D eigenvalue weighted by molar-refractivity contribution is 7.44. The number of ether oxygens (including phenoxy) is 2. The van der Waals surface area contributed by atoms with Crippen LogP contribution in [0.5, 0.6) is 0 Å². The molecule has 0 amide bonds. The lowest BCUT2D eigenvalue weighted by Gasteiger charge is -2.37. The summed E-state index contributed by atoms with van der Waals surface area (Å²) in [5, 5.41) is 0. The van der Waals surface area contributed by atoms with Crippen molar-refractivity contribution in [1.82, 2.24) is 23.8 Å². The van der Waals surface area contributed by atoms with Gasteiger partial charge in [-0.25, -0.2) is 27.4 Å². The Balaban J connectivity index is 1.59. The van der Waals surface area contributed by atoms with Gasteiger partial charge in [0.25, 0.3) is 19.6 Å². The van der Waals surface area contributed by atoms with Gasteiger partial charge >= 0.3 is 20.0 Å². The summed E-state index contributed by atoms with van der Waals surface area (Å²) in [6.07, 6.45) is -0.0925. The molecule has 2 fully saturated rings. The Morgan fingerprint density at radius 3 is 1.79 bits per heavy atom. The quantitative estimate of drug-likeness (QED) is 0.119. The zero-order valence-corrected chi connectivity index (χ0v) is 32.8. The molecule has 8 atom stereocenters. The molecular formula is C33H49N7O11P2. The van der Waals surface area contributed by atoms with E-state index in [2.05, 4.69) is 24.3 Å². The molecule has 292 valence electrons. The topological polar surface area (TPSA) is 186 Å².